The van der Waals surface area contributed by atoms with Gasteiger partial charge in [0.1, 0.15) is 5.37 Å². The van der Waals surface area contributed by atoms with Gasteiger partial charge in [-0.05, 0) is 13.3 Å². The zero-order chi connectivity index (χ0) is 10.6. The third kappa shape index (κ3) is 2.73. The molecule has 1 unspecified atom stereocenters. The average Bonchev–Trinajstić information content (AvgIpc) is 2.55. The van der Waals surface area contributed by atoms with Crippen LogP contribution in [0.3, 0.4) is 0 Å². The third-order valence-corrected chi connectivity index (χ3v) is 2.96. The van der Waals surface area contributed by atoms with Crippen molar-refractivity contribution in [2.45, 2.75) is 25.6 Å². The molecule has 1 atom stereocenters. The highest BCUT2D eigenvalue weighted by Gasteiger charge is 2.21. The fourth-order valence-corrected chi connectivity index (χ4v) is 1.84. The minimum atomic E-state index is -0.564. The Morgan fingerprint density at radius 1 is 1.79 bits per heavy atom. The molecule has 6 heteroatoms. The minimum absolute atomic E-state index is 0.210. The van der Waals surface area contributed by atoms with E-state index in [1.54, 1.807) is 0 Å². The van der Waals surface area contributed by atoms with Gasteiger partial charge in [-0.15, -0.1) is 0 Å². The highest BCUT2D eigenvalue weighted by molar-refractivity contribution is 8.16. The van der Waals surface area contributed by atoms with Gasteiger partial charge in [0, 0.05) is 7.05 Å². The van der Waals surface area contributed by atoms with Crippen LogP contribution in [0.2, 0.25) is 0 Å². The molecule has 1 aliphatic heterocycles. The second kappa shape index (κ2) is 4.99. The molecule has 0 aromatic rings. The number of oxime groups is 1. The van der Waals surface area contributed by atoms with Crippen LogP contribution in [0.5, 0.6) is 0 Å². The summed E-state index contributed by atoms with van der Waals surface area (Å²) in [6.07, 6.45) is 0.381. The molecule has 1 heterocycles. The van der Waals surface area contributed by atoms with Crippen molar-refractivity contribution < 1.29 is 9.63 Å². The lowest BCUT2D eigenvalue weighted by Gasteiger charge is -1.99. The van der Waals surface area contributed by atoms with Crippen LogP contribution in [0.4, 0.5) is 4.79 Å². The molecule has 0 saturated carbocycles. The van der Waals surface area contributed by atoms with Crippen LogP contribution < -0.4 is 5.32 Å². The smallest absolute Gasteiger partial charge is 0.323 e. The molecular weight excluding hydrogens is 202 g/mol. The largest absolute Gasteiger partial charge is 0.433 e. The van der Waals surface area contributed by atoms with Crippen molar-refractivity contribution in [1.82, 2.24) is 5.32 Å². The van der Waals surface area contributed by atoms with Crippen LogP contribution in [-0.2, 0) is 4.84 Å². The maximum Gasteiger partial charge on any atom is 0.433 e. The first kappa shape index (κ1) is 11.0. The van der Waals surface area contributed by atoms with Gasteiger partial charge in [0.2, 0.25) is 0 Å². The molecular formula is C8H13N3O2S. The summed E-state index contributed by atoms with van der Waals surface area (Å²) in [7, 11) is 1.49. The molecule has 5 nitrogen and oxygen atoms in total. The van der Waals surface area contributed by atoms with E-state index in [0.29, 0.717) is 5.04 Å². The van der Waals surface area contributed by atoms with E-state index >= 15 is 0 Å². The van der Waals surface area contributed by atoms with Crippen molar-refractivity contribution in [3.05, 3.63) is 0 Å². The van der Waals surface area contributed by atoms with Crippen molar-refractivity contribution in [1.29, 1.82) is 0 Å². The quantitative estimate of drug-likeness (QED) is 0.562. The average molecular weight is 215 g/mol. The van der Waals surface area contributed by atoms with Crippen LogP contribution in [0, 0.1) is 0 Å². The summed E-state index contributed by atoms with van der Waals surface area (Å²) in [5, 5.41) is 6.91. The molecule has 0 spiro atoms. The van der Waals surface area contributed by atoms with Gasteiger partial charge >= 0.3 is 6.09 Å². The molecule has 1 N–H and O–H groups in total. The number of nitrogens with zero attached hydrogens (tertiary/aromatic N) is 2. The normalized spacial score (nSPS) is 23.5. The summed E-state index contributed by atoms with van der Waals surface area (Å²) in [5.74, 6) is 0. The number of nitrogens with one attached hydrogen (secondary N) is 1. The highest BCUT2D eigenvalue weighted by atomic mass is 32.2. The molecule has 0 bridgehead atoms. The molecule has 14 heavy (non-hydrogen) atoms. The lowest BCUT2D eigenvalue weighted by Crippen LogP contribution is -2.17. The Kier molecular flexibility index (Phi) is 3.94. The van der Waals surface area contributed by atoms with Crippen LogP contribution in [0.15, 0.2) is 10.1 Å². The number of carbonyl (C=O) groups excluding carboxylic acids is 1. The first-order valence-corrected chi connectivity index (χ1v) is 5.23. The third-order valence-electron chi connectivity index (χ3n) is 1.66. The van der Waals surface area contributed by atoms with E-state index in [1.807, 2.05) is 6.92 Å². The Labute approximate surface area is 87.0 Å². The molecule has 0 aromatic heterocycles. The number of rotatable bonds is 2. The maximum absolute atomic E-state index is 10.7. The topological polar surface area (TPSA) is 63.1 Å². The summed E-state index contributed by atoms with van der Waals surface area (Å²) in [4.78, 5) is 19.6. The standard InChI is InChI=1S/C8H13N3O2S/c1-4-6-10-5(2)7(14-6)11-13-8(12)9-3/h6H,4H2,1-3H3,(H,9,12). The number of aliphatic imine (C=N–C) groups is 1. The van der Waals surface area contributed by atoms with Crippen LogP contribution >= 0.6 is 11.8 Å². The van der Waals surface area contributed by atoms with Gasteiger partial charge in [0.15, 0.2) is 5.04 Å². The van der Waals surface area contributed by atoms with Gasteiger partial charge in [-0.25, -0.2) is 4.79 Å². The summed E-state index contributed by atoms with van der Waals surface area (Å²) in [5.41, 5.74) is 0.825. The molecule has 1 rings (SSSR count). The monoisotopic (exact) mass is 215 g/mol. The van der Waals surface area contributed by atoms with E-state index in [9.17, 15) is 4.79 Å². The van der Waals surface area contributed by atoms with Gasteiger partial charge in [0.25, 0.3) is 0 Å². The van der Waals surface area contributed by atoms with E-state index in [-0.39, 0.29) is 5.37 Å². The maximum atomic E-state index is 10.7. The molecule has 1 amide bonds. The second-order valence-corrected chi connectivity index (χ2v) is 3.89. The molecule has 0 aliphatic carbocycles. The van der Waals surface area contributed by atoms with E-state index < -0.39 is 6.09 Å². The Hall–Kier alpha value is -1.04. The fourth-order valence-electron chi connectivity index (χ4n) is 0.902. The zero-order valence-electron chi connectivity index (χ0n) is 8.40. The van der Waals surface area contributed by atoms with Crippen molar-refractivity contribution in [2.24, 2.45) is 10.1 Å². The molecule has 0 fully saturated rings. The summed E-state index contributed by atoms with van der Waals surface area (Å²) in [6.45, 7) is 3.91. The highest BCUT2D eigenvalue weighted by Crippen LogP contribution is 2.25. The number of hydrogen-bond donors (Lipinski definition) is 1. The molecule has 0 radical (unpaired) electrons. The Morgan fingerprint density at radius 2 is 2.50 bits per heavy atom. The second-order valence-electron chi connectivity index (χ2n) is 2.72. The Morgan fingerprint density at radius 3 is 3.00 bits per heavy atom. The van der Waals surface area contributed by atoms with Gasteiger partial charge in [-0.2, -0.15) is 0 Å². The predicted octanol–water partition coefficient (Wildman–Crippen LogP) is 1.60. The van der Waals surface area contributed by atoms with E-state index in [2.05, 4.69) is 27.2 Å². The molecule has 0 aromatic carbocycles. The first-order chi connectivity index (χ1) is 6.67. The van der Waals surface area contributed by atoms with Gasteiger partial charge in [-0.3, -0.25) is 9.83 Å². The van der Waals surface area contributed by atoms with Gasteiger partial charge < -0.3 is 5.32 Å². The summed E-state index contributed by atoms with van der Waals surface area (Å²) >= 11 is 1.51. The minimum Gasteiger partial charge on any atom is -0.323 e. The first-order valence-electron chi connectivity index (χ1n) is 4.35. The van der Waals surface area contributed by atoms with Crippen molar-refractivity contribution >= 4 is 28.6 Å². The Balaban J connectivity index is 2.55. The SMILES string of the molecule is CCC1N=C(C)C(=NOC(=O)NC)S1. The van der Waals surface area contributed by atoms with Crippen LogP contribution in [0.1, 0.15) is 20.3 Å². The van der Waals surface area contributed by atoms with Crippen LogP contribution in [-0.4, -0.2) is 29.3 Å². The fraction of sp³-hybridized carbons (Fsp3) is 0.625. The summed E-state index contributed by atoms with van der Waals surface area (Å²) in [6, 6.07) is 0. The van der Waals surface area contributed by atoms with Gasteiger partial charge in [0.05, 0.1) is 5.71 Å². The molecule has 78 valence electrons. The van der Waals surface area contributed by atoms with E-state index in [0.717, 1.165) is 12.1 Å². The van der Waals surface area contributed by atoms with E-state index in [1.165, 1.54) is 18.8 Å². The van der Waals surface area contributed by atoms with Crippen LogP contribution in [0.25, 0.3) is 0 Å². The lowest BCUT2D eigenvalue weighted by atomic mass is 10.4. The Bertz CT molecular complexity index is 288. The van der Waals surface area contributed by atoms with Gasteiger partial charge in [-0.1, -0.05) is 23.8 Å². The lowest BCUT2D eigenvalue weighted by molar-refractivity contribution is 0.154. The number of thioether (sulfide) groups is 1. The molecule has 0 saturated heterocycles. The number of hydrogen-bond acceptors (Lipinski definition) is 5. The number of amides is 1. The van der Waals surface area contributed by atoms with Crippen molar-refractivity contribution in [3.8, 4) is 0 Å². The van der Waals surface area contributed by atoms with Crippen molar-refractivity contribution in [2.75, 3.05) is 7.05 Å². The summed E-state index contributed by atoms with van der Waals surface area (Å²) < 4.78 is 0. The van der Waals surface area contributed by atoms with E-state index in [4.69, 9.17) is 0 Å². The zero-order valence-corrected chi connectivity index (χ0v) is 9.22. The molecule has 1 aliphatic rings. The predicted molar refractivity (Wildman–Crippen MR) is 57.8 cm³/mol. The number of carbonyl (C=O) groups is 1. The van der Waals surface area contributed by atoms with Crippen molar-refractivity contribution in [3.63, 3.8) is 0 Å².